The van der Waals surface area contributed by atoms with E-state index >= 15 is 0 Å². The quantitative estimate of drug-likeness (QED) is 0.810. The minimum Gasteiger partial charge on any atom is -0.497 e. The van der Waals surface area contributed by atoms with E-state index in [9.17, 15) is 0 Å². The van der Waals surface area contributed by atoms with Crippen molar-refractivity contribution in [2.45, 2.75) is 25.6 Å². The fraction of sp³-hybridized carbons (Fsp3) is 0.429. The van der Waals surface area contributed by atoms with Gasteiger partial charge in [0.2, 0.25) is 12.6 Å². The van der Waals surface area contributed by atoms with Crippen LogP contribution in [0.4, 0.5) is 0 Å². The van der Waals surface area contributed by atoms with Crippen molar-refractivity contribution in [2.24, 2.45) is 5.92 Å². The van der Waals surface area contributed by atoms with Crippen LogP contribution in [0.1, 0.15) is 30.9 Å². The van der Waals surface area contributed by atoms with E-state index in [-0.39, 0.29) is 18.6 Å². The van der Waals surface area contributed by atoms with E-state index in [1.807, 2.05) is 37.3 Å². The van der Waals surface area contributed by atoms with Gasteiger partial charge in [0.15, 0.2) is 11.5 Å². The Balaban J connectivity index is 1.94. The van der Waals surface area contributed by atoms with Crippen molar-refractivity contribution in [3.05, 3.63) is 41.5 Å². The van der Waals surface area contributed by atoms with Crippen molar-refractivity contribution in [3.8, 4) is 28.7 Å². The minimum absolute atomic E-state index is 0.00335. The second kappa shape index (κ2) is 6.53. The molecule has 3 atom stereocenters. The summed E-state index contributed by atoms with van der Waals surface area (Å²) in [6.45, 7) is 4.27. The van der Waals surface area contributed by atoms with Gasteiger partial charge in [0.25, 0.3) is 0 Å². The molecule has 0 aliphatic carbocycles. The van der Waals surface area contributed by atoms with Gasteiger partial charge in [-0.1, -0.05) is 6.92 Å². The SMILES string of the molecule is COc1ccc(OC)c([C@H]2c3cc4c(cc3O[C@](C)(OC)[C@@H]2C)OCO4)c1. The molecule has 0 fully saturated rings. The zero-order valence-electron chi connectivity index (χ0n) is 16.2. The predicted molar refractivity (Wildman–Crippen MR) is 99.2 cm³/mol. The van der Waals surface area contributed by atoms with Crippen molar-refractivity contribution in [1.82, 2.24) is 0 Å². The monoisotopic (exact) mass is 372 g/mol. The van der Waals surface area contributed by atoms with Gasteiger partial charge in [0, 0.05) is 43.1 Å². The fourth-order valence-electron chi connectivity index (χ4n) is 3.90. The first-order valence-corrected chi connectivity index (χ1v) is 8.90. The topological polar surface area (TPSA) is 55.4 Å². The van der Waals surface area contributed by atoms with Crippen LogP contribution in [0.2, 0.25) is 0 Å². The van der Waals surface area contributed by atoms with Gasteiger partial charge in [-0.3, -0.25) is 0 Å². The number of fused-ring (bicyclic) bond motifs is 2. The molecule has 27 heavy (non-hydrogen) atoms. The molecule has 4 rings (SSSR count). The Labute approximate surface area is 158 Å². The largest absolute Gasteiger partial charge is 0.497 e. The summed E-state index contributed by atoms with van der Waals surface area (Å²) in [4.78, 5) is 0. The summed E-state index contributed by atoms with van der Waals surface area (Å²) in [5.41, 5.74) is 2.02. The Morgan fingerprint density at radius 1 is 0.926 bits per heavy atom. The molecule has 0 aromatic heterocycles. The average Bonchev–Trinajstić information content (AvgIpc) is 3.14. The third-order valence-electron chi connectivity index (χ3n) is 5.66. The van der Waals surface area contributed by atoms with Crippen LogP contribution in [-0.4, -0.2) is 33.9 Å². The summed E-state index contributed by atoms with van der Waals surface area (Å²) >= 11 is 0. The molecule has 0 N–H and O–H groups in total. The van der Waals surface area contributed by atoms with Crippen molar-refractivity contribution in [2.75, 3.05) is 28.1 Å². The maximum absolute atomic E-state index is 6.26. The van der Waals surface area contributed by atoms with Crippen molar-refractivity contribution >= 4 is 0 Å². The van der Waals surface area contributed by atoms with E-state index in [0.29, 0.717) is 5.75 Å². The highest BCUT2D eigenvalue weighted by Crippen LogP contribution is 2.53. The molecule has 0 spiro atoms. The molecule has 6 heteroatoms. The lowest BCUT2D eigenvalue weighted by molar-refractivity contribution is -0.194. The maximum atomic E-state index is 6.26. The van der Waals surface area contributed by atoms with Crippen LogP contribution in [0.15, 0.2) is 30.3 Å². The van der Waals surface area contributed by atoms with Gasteiger partial charge in [-0.05, 0) is 24.3 Å². The van der Waals surface area contributed by atoms with Crippen LogP contribution in [0.25, 0.3) is 0 Å². The number of hydrogen-bond acceptors (Lipinski definition) is 6. The molecule has 2 aliphatic heterocycles. The Morgan fingerprint density at radius 2 is 1.67 bits per heavy atom. The highest BCUT2D eigenvalue weighted by Gasteiger charge is 2.47. The molecule has 0 saturated heterocycles. The highest BCUT2D eigenvalue weighted by atomic mass is 16.7. The Hall–Kier alpha value is -2.60. The lowest BCUT2D eigenvalue weighted by Gasteiger charge is -2.44. The molecule has 0 unspecified atom stereocenters. The molecular weight excluding hydrogens is 348 g/mol. The molecule has 0 bridgehead atoms. The first kappa shape index (κ1) is 17.8. The Bertz CT molecular complexity index is 864. The number of methoxy groups -OCH3 is 3. The lowest BCUT2D eigenvalue weighted by Crippen LogP contribution is -2.47. The van der Waals surface area contributed by atoms with Gasteiger partial charge in [0.05, 0.1) is 14.2 Å². The fourth-order valence-corrected chi connectivity index (χ4v) is 3.90. The molecule has 6 nitrogen and oxygen atoms in total. The second-order valence-electron chi connectivity index (χ2n) is 6.94. The van der Waals surface area contributed by atoms with Gasteiger partial charge >= 0.3 is 0 Å². The van der Waals surface area contributed by atoms with Gasteiger partial charge in [0.1, 0.15) is 17.2 Å². The zero-order valence-corrected chi connectivity index (χ0v) is 16.2. The predicted octanol–water partition coefficient (Wildman–Crippen LogP) is 3.96. The smallest absolute Gasteiger partial charge is 0.231 e. The van der Waals surface area contributed by atoms with Gasteiger partial charge in [-0.25, -0.2) is 0 Å². The lowest BCUT2D eigenvalue weighted by atomic mass is 9.75. The second-order valence-corrected chi connectivity index (χ2v) is 6.94. The molecule has 2 aromatic carbocycles. The summed E-state index contributed by atoms with van der Waals surface area (Å²) < 4.78 is 34.3. The Morgan fingerprint density at radius 3 is 2.33 bits per heavy atom. The third kappa shape index (κ3) is 2.75. The number of ether oxygens (including phenoxy) is 6. The summed E-state index contributed by atoms with van der Waals surface area (Å²) in [5, 5.41) is 0. The molecule has 0 saturated carbocycles. The first-order chi connectivity index (χ1) is 13.0. The van der Waals surface area contributed by atoms with Crippen molar-refractivity contribution < 1.29 is 28.4 Å². The minimum atomic E-state index is -0.806. The van der Waals surface area contributed by atoms with Crippen LogP contribution < -0.4 is 23.7 Å². The molecule has 144 valence electrons. The van der Waals surface area contributed by atoms with Gasteiger partial charge in [-0.2, -0.15) is 0 Å². The van der Waals surface area contributed by atoms with Crippen LogP contribution in [0.5, 0.6) is 28.7 Å². The third-order valence-corrected chi connectivity index (χ3v) is 5.66. The molecule has 2 aromatic rings. The van der Waals surface area contributed by atoms with Gasteiger partial charge in [-0.15, -0.1) is 0 Å². The molecule has 0 amide bonds. The van der Waals surface area contributed by atoms with Crippen LogP contribution in [0, 0.1) is 5.92 Å². The summed E-state index contributed by atoms with van der Waals surface area (Å²) in [7, 11) is 4.99. The van der Waals surface area contributed by atoms with E-state index in [1.54, 1.807) is 21.3 Å². The highest BCUT2D eigenvalue weighted by molar-refractivity contribution is 5.58. The van der Waals surface area contributed by atoms with E-state index < -0.39 is 5.79 Å². The molecule has 2 aliphatic rings. The van der Waals surface area contributed by atoms with E-state index in [0.717, 1.165) is 34.1 Å². The number of benzene rings is 2. The van der Waals surface area contributed by atoms with Gasteiger partial charge < -0.3 is 28.4 Å². The summed E-state index contributed by atoms with van der Waals surface area (Å²) in [6.07, 6.45) is 0. The summed E-state index contributed by atoms with van der Waals surface area (Å²) in [6, 6.07) is 9.69. The molecule has 0 radical (unpaired) electrons. The van der Waals surface area contributed by atoms with Crippen LogP contribution in [-0.2, 0) is 4.74 Å². The van der Waals surface area contributed by atoms with E-state index in [1.165, 1.54) is 0 Å². The van der Waals surface area contributed by atoms with Crippen LogP contribution in [0.3, 0.4) is 0 Å². The number of rotatable bonds is 4. The number of hydrogen-bond donors (Lipinski definition) is 0. The van der Waals surface area contributed by atoms with Crippen LogP contribution >= 0.6 is 0 Å². The molecule has 2 heterocycles. The van der Waals surface area contributed by atoms with Crippen molar-refractivity contribution in [1.29, 1.82) is 0 Å². The first-order valence-electron chi connectivity index (χ1n) is 8.90. The summed E-state index contributed by atoms with van der Waals surface area (Å²) in [5.74, 6) is 2.82. The maximum Gasteiger partial charge on any atom is 0.231 e. The van der Waals surface area contributed by atoms with E-state index in [4.69, 9.17) is 28.4 Å². The van der Waals surface area contributed by atoms with E-state index in [2.05, 4.69) is 6.92 Å². The zero-order chi connectivity index (χ0) is 19.2. The Kier molecular flexibility index (Phi) is 4.30. The normalized spacial score (nSPS) is 25.5. The van der Waals surface area contributed by atoms with Crippen molar-refractivity contribution in [3.63, 3.8) is 0 Å². The standard InChI is InChI=1S/C21H24O6/c1-12-20(14-8-13(22-3)6-7-16(14)23-4)15-9-18-19(26-11-25-18)10-17(15)27-21(12,2)24-5/h6-10,12,20H,11H2,1-5H3/t12-,20+,21+/m1/s1. The average molecular weight is 372 g/mol. The molecular formula is C21H24O6.